The lowest BCUT2D eigenvalue weighted by molar-refractivity contribution is -0.139. The van der Waals surface area contributed by atoms with E-state index < -0.39 is 5.97 Å². The molecule has 90 valence electrons. The quantitative estimate of drug-likeness (QED) is 0.859. The molecule has 1 aliphatic rings. The van der Waals surface area contributed by atoms with E-state index in [4.69, 9.17) is 16.7 Å². The third kappa shape index (κ3) is 2.71. The second-order valence-corrected chi connectivity index (χ2v) is 4.30. The Kier molecular flexibility index (Phi) is 3.23. The van der Waals surface area contributed by atoms with Crippen molar-refractivity contribution in [3.63, 3.8) is 0 Å². The first-order valence-electron chi connectivity index (χ1n) is 5.06. The number of halogens is 1. The number of carboxylic acids is 1. The van der Waals surface area contributed by atoms with Crippen LogP contribution in [0.1, 0.15) is 16.9 Å². The van der Waals surface area contributed by atoms with Crippen molar-refractivity contribution in [1.29, 1.82) is 0 Å². The number of carbonyl (C=O) groups is 2. The van der Waals surface area contributed by atoms with Crippen LogP contribution in [0.3, 0.4) is 0 Å². The molecule has 0 aromatic carbocycles. The molecule has 2 heterocycles. The highest BCUT2D eigenvalue weighted by molar-refractivity contribution is 6.29. The Bertz CT molecular complexity index is 443. The SMILES string of the molecule is O=C(O)CC1CN(C(=O)c2ccc(Cl)nn2)C1. The molecule has 0 spiro atoms. The molecule has 17 heavy (non-hydrogen) atoms. The first-order valence-corrected chi connectivity index (χ1v) is 5.44. The molecule has 1 amide bonds. The summed E-state index contributed by atoms with van der Waals surface area (Å²) in [4.78, 5) is 23.8. The van der Waals surface area contributed by atoms with E-state index in [0.717, 1.165) is 0 Å². The Balaban J connectivity index is 1.91. The molecular weight excluding hydrogens is 246 g/mol. The Morgan fingerprint density at radius 3 is 2.65 bits per heavy atom. The molecular formula is C10H10ClN3O3. The summed E-state index contributed by atoms with van der Waals surface area (Å²) in [6.07, 6.45) is 0.0933. The zero-order valence-corrected chi connectivity index (χ0v) is 9.59. The molecule has 7 heteroatoms. The van der Waals surface area contributed by atoms with Gasteiger partial charge in [0.15, 0.2) is 10.8 Å². The fourth-order valence-corrected chi connectivity index (χ4v) is 1.80. The van der Waals surface area contributed by atoms with E-state index in [9.17, 15) is 9.59 Å². The van der Waals surface area contributed by atoms with Gasteiger partial charge in [0.25, 0.3) is 5.91 Å². The number of carboxylic acid groups (broad SMARTS) is 1. The normalized spacial score (nSPS) is 15.5. The van der Waals surface area contributed by atoms with E-state index in [-0.39, 0.29) is 29.1 Å². The number of hydrogen-bond donors (Lipinski definition) is 1. The van der Waals surface area contributed by atoms with Crippen molar-refractivity contribution < 1.29 is 14.7 Å². The van der Waals surface area contributed by atoms with E-state index in [0.29, 0.717) is 13.1 Å². The lowest BCUT2D eigenvalue weighted by Gasteiger charge is -2.38. The number of aliphatic carboxylic acids is 1. The van der Waals surface area contributed by atoms with Gasteiger partial charge in [-0.1, -0.05) is 11.6 Å². The van der Waals surface area contributed by atoms with Crippen molar-refractivity contribution in [1.82, 2.24) is 15.1 Å². The summed E-state index contributed by atoms with van der Waals surface area (Å²) in [5.74, 6) is -1.04. The molecule has 0 radical (unpaired) electrons. The Labute approximate surface area is 102 Å². The first kappa shape index (κ1) is 11.8. The number of hydrogen-bond acceptors (Lipinski definition) is 4. The van der Waals surface area contributed by atoms with E-state index in [1.165, 1.54) is 12.1 Å². The maximum Gasteiger partial charge on any atom is 0.303 e. The molecule has 6 nitrogen and oxygen atoms in total. The van der Waals surface area contributed by atoms with E-state index in [1.807, 2.05) is 0 Å². The minimum absolute atomic E-state index is 0.0386. The minimum Gasteiger partial charge on any atom is -0.481 e. The van der Waals surface area contributed by atoms with Crippen LogP contribution in [0.15, 0.2) is 12.1 Å². The monoisotopic (exact) mass is 255 g/mol. The highest BCUT2D eigenvalue weighted by Gasteiger charge is 2.33. The van der Waals surface area contributed by atoms with Crippen LogP contribution >= 0.6 is 11.6 Å². The van der Waals surface area contributed by atoms with Crippen LogP contribution in [-0.4, -0.2) is 45.2 Å². The topological polar surface area (TPSA) is 83.4 Å². The van der Waals surface area contributed by atoms with Crippen molar-refractivity contribution in [2.45, 2.75) is 6.42 Å². The predicted octanol–water partition coefficient (Wildman–Crippen LogP) is 0.677. The summed E-state index contributed by atoms with van der Waals surface area (Å²) in [5, 5.41) is 16.1. The molecule has 1 aromatic rings. The molecule has 0 saturated carbocycles. The zero-order valence-electron chi connectivity index (χ0n) is 8.84. The van der Waals surface area contributed by atoms with Crippen LogP contribution in [0.2, 0.25) is 5.15 Å². The van der Waals surface area contributed by atoms with Crippen molar-refractivity contribution in [3.05, 3.63) is 23.0 Å². The van der Waals surface area contributed by atoms with Gasteiger partial charge in [-0.25, -0.2) is 0 Å². The molecule has 1 saturated heterocycles. The average Bonchev–Trinajstić information content (AvgIpc) is 2.23. The Hall–Kier alpha value is -1.69. The van der Waals surface area contributed by atoms with E-state index in [1.54, 1.807) is 4.90 Å². The van der Waals surface area contributed by atoms with Gasteiger partial charge in [-0.2, -0.15) is 0 Å². The summed E-state index contributed by atoms with van der Waals surface area (Å²) in [6.45, 7) is 0.908. The average molecular weight is 256 g/mol. The molecule has 0 atom stereocenters. The van der Waals surface area contributed by atoms with Gasteiger partial charge in [0.1, 0.15) is 0 Å². The van der Waals surface area contributed by atoms with Crippen LogP contribution in [0.25, 0.3) is 0 Å². The molecule has 1 fully saturated rings. The van der Waals surface area contributed by atoms with Gasteiger partial charge in [-0.15, -0.1) is 10.2 Å². The first-order chi connectivity index (χ1) is 8.06. The standard InChI is InChI=1S/C10H10ClN3O3/c11-8-2-1-7(12-13-8)10(17)14-4-6(5-14)3-9(15)16/h1-2,6H,3-5H2,(H,15,16). The predicted molar refractivity (Wildman–Crippen MR) is 58.7 cm³/mol. The van der Waals surface area contributed by atoms with Crippen LogP contribution in [0.5, 0.6) is 0 Å². The van der Waals surface area contributed by atoms with Crippen molar-refractivity contribution >= 4 is 23.5 Å². The van der Waals surface area contributed by atoms with Gasteiger partial charge in [0.05, 0.1) is 6.42 Å². The van der Waals surface area contributed by atoms with Crippen molar-refractivity contribution in [2.24, 2.45) is 5.92 Å². The van der Waals surface area contributed by atoms with Crippen LogP contribution in [-0.2, 0) is 4.79 Å². The molecule has 2 rings (SSSR count). The second-order valence-electron chi connectivity index (χ2n) is 3.92. The highest BCUT2D eigenvalue weighted by atomic mass is 35.5. The lowest BCUT2D eigenvalue weighted by Crippen LogP contribution is -2.50. The maximum absolute atomic E-state index is 11.8. The molecule has 0 bridgehead atoms. The summed E-state index contributed by atoms with van der Waals surface area (Å²) in [5.41, 5.74) is 0.225. The third-order valence-corrected chi connectivity index (χ3v) is 2.76. The van der Waals surface area contributed by atoms with Crippen LogP contribution in [0, 0.1) is 5.92 Å². The fraction of sp³-hybridized carbons (Fsp3) is 0.400. The maximum atomic E-state index is 11.8. The number of likely N-dealkylation sites (tertiary alicyclic amines) is 1. The van der Waals surface area contributed by atoms with Gasteiger partial charge < -0.3 is 10.0 Å². The number of rotatable bonds is 3. The minimum atomic E-state index is -0.839. The molecule has 1 aliphatic heterocycles. The fourth-order valence-electron chi connectivity index (χ4n) is 1.70. The molecule has 0 aliphatic carbocycles. The Morgan fingerprint density at radius 1 is 1.41 bits per heavy atom. The number of aromatic nitrogens is 2. The zero-order chi connectivity index (χ0) is 12.4. The van der Waals surface area contributed by atoms with Crippen LogP contribution in [0.4, 0.5) is 0 Å². The largest absolute Gasteiger partial charge is 0.481 e. The summed E-state index contributed by atoms with van der Waals surface area (Å²) in [6, 6.07) is 3.00. The summed E-state index contributed by atoms with van der Waals surface area (Å²) < 4.78 is 0. The van der Waals surface area contributed by atoms with E-state index >= 15 is 0 Å². The van der Waals surface area contributed by atoms with Gasteiger partial charge in [0.2, 0.25) is 0 Å². The van der Waals surface area contributed by atoms with Gasteiger partial charge in [0, 0.05) is 19.0 Å². The number of carbonyl (C=O) groups excluding carboxylic acids is 1. The van der Waals surface area contributed by atoms with Crippen molar-refractivity contribution in [2.75, 3.05) is 13.1 Å². The Morgan fingerprint density at radius 2 is 2.12 bits per heavy atom. The smallest absolute Gasteiger partial charge is 0.303 e. The molecule has 1 N–H and O–H groups in total. The third-order valence-electron chi connectivity index (χ3n) is 2.56. The lowest BCUT2D eigenvalue weighted by atomic mass is 9.96. The van der Waals surface area contributed by atoms with Gasteiger partial charge >= 0.3 is 5.97 Å². The number of nitrogens with zero attached hydrogens (tertiary/aromatic N) is 3. The van der Waals surface area contributed by atoms with E-state index in [2.05, 4.69) is 10.2 Å². The van der Waals surface area contributed by atoms with Crippen LogP contribution < -0.4 is 0 Å². The summed E-state index contributed by atoms with van der Waals surface area (Å²) >= 11 is 5.56. The van der Waals surface area contributed by atoms with Gasteiger partial charge in [-0.05, 0) is 12.1 Å². The molecule has 0 unspecified atom stereocenters. The van der Waals surface area contributed by atoms with Gasteiger partial charge in [-0.3, -0.25) is 9.59 Å². The summed E-state index contributed by atoms with van der Waals surface area (Å²) in [7, 11) is 0. The second kappa shape index (κ2) is 4.67. The van der Waals surface area contributed by atoms with Crippen molar-refractivity contribution in [3.8, 4) is 0 Å². The number of amides is 1. The highest BCUT2D eigenvalue weighted by Crippen LogP contribution is 2.20. The molecule has 1 aromatic heterocycles.